The van der Waals surface area contributed by atoms with Gasteiger partial charge in [-0.05, 0) is 53.6 Å². The van der Waals surface area contributed by atoms with Crippen molar-refractivity contribution in [3.05, 3.63) is 0 Å². The number of nitrogens with one attached hydrogen (secondary N) is 2. The van der Waals surface area contributed by atoms with E-state index in [9.17, 15) is 9.59 Å². The Balaban J connectivity index is 2.58. The van der Waals surface area contributed by atoms with Crippen molar-refractivity contribution in [3.63, 3.8) is 0 Å². The molecular weight excluding hydrogens is 270 g/mol. The minimum absolute atomic E-state index is 0.158. The molecule has 1 atom stereocenters. The van der Waals surface area contributed by atoms with Gasteiger partial charge in [-0.3, -0.25) is 4.79 Å². The molecule has 21 heavy (non-hydrogen) atoms. The number of carbonyl (C=O) groups is 2. The molecule has 2 amide bonds. The minimum atomic E-state index is -0.571. The summed E-state index contributed by atoms with van der Waals surface area (Å²) in [4.78, 5) is 26.2. The molecule has 0 saturated carbocycles. The summed E-state index contributed by atoms with van der Waals surface area (Å²) >= 11 is 0. The molecule has 6 nitrogen and oxygen atoms in total. The van der Waals surface area contributed by atoms with Gasteiger partial charge in [0.2, 0.25) is 5.91 Å². The molecule has 0 aromatic carbocycles. The highest BCUT2D eigenvalue weighted by atomic mass is 16.6. The minimum Gasteiger partial charge on any atom is -0.444 e. The molecule has 1 rings (SSSR count). The van der Waals surface area contributed by atoms with Crippen LogP contribution in [0.3, 0.4) is 0 Å². The van der Waals surface area contributed by atoms with Crippen LogP contribution < -0.4 is 10.6 Å². The lowest BCUT2D eigenvalue weighted by molar-refractivity contribution is -0.123. The van der Waals surface area contributed by atoms with Gasteiger partial charge in [0.25, 0.3) is 0 Å². The van der Waals surface area contributed by atoms with E-state index in [2.05, 4.69) is 15.5 Å². The Morgan fingerprint density at radius 2 is 1.81 bits per heavy atom. The molecule has 1 aliphatic heterocycles. The number of likely N-dealkylation sites (N-methyl/N-ethyl adjacent to an activating group) is 1. The molecule has 0 aromatic rings. The maximum absolute atomic E-state index is 12.1. The standard InChI is InChI=1S/C15H29N3O3/c1-5-16-13(19)12(11-18-9-7-6-8-10-18)17-14(20)21-15(2,3)4/h12H,5-11H2,1-4H3,(H,16,19)(H,17,20). The summed E-state index contributed by atoms with van der Waals surface area (Å²) in [5.41, 5.74) is -0.568. The first kappa shape index (κ1) is 17.8. The molecule has 0 spiro atoms. The number of likely N-dealkylation sites (tertiary alicyclic amines) is 1. The van der Waals surface area contributed by atoms with Crippen molar-refractivity contribution < 1.29 is 14.3 Å². The maximum Gasteiger partial charge on any atom is 0.408 e. The number of ether oxygens (including phenoxy) is 1. The van der Waals surface area contributed by atoms with E-state index in [-0.39, 0.29) is 5.91 Å². The van der Waals surface area contributed by atoms with E-state index in [1.165, 1.54) is 6.42 Å². The van der Waals surface area contributed by atoms with E-state index in [0.717, 1.165) is 25.9 Å². The first-order valence-corrected chi connectivity index (χ1v) is 7.81. The molecule has 0 aliphatic carbocycles. The second-order valence-electron chi connectivity index (χ2n) is 6.45. The van der Waals surface area contributed by atoms with Crippen LogP contribution in [-0.4, -0.2) is 54.7 Å². The first-order chi connectivity index (χ1) is 9.81. The smallest absolute Gasteiger partial charge is 0.408 e. The summed E-state index contributed by atoms with van der Waals surface area (Å²) in [6.45, 7) is 10.3. The second kappa shape index (κ2) is 8.22. The molecule has 0 radical (unpaired) electrons. The average Bonchev–Trinajstić information content (AvgIpc) is 2.37. The number of piperidine rings is 1. The Morgan fingerprint density at radius 3 is 2.33 bits per heavy atom. The number of carbonyl (C=O) groups excluding carboxylic acids is 2. The predicted octanol–water partition coefficient (Wildman–Crippen LogP) is 1.50. The number of rotatable bonds is 5. The predicted molar refractivity (Wildman–Crippen MR) is 82.1 cm³/mol. The second-order valence-corrected chi connectivity index (χ2v) is 6.45. The number of hydrogen-bond donors (Lipinski definition) is 2. The molecule has 1 saturated heterocycles. The highest BCUT2D eigenvalue weighted by Crippen LogP contribution is 2.10. The SMILES string of the molecule is CCNC(=O)C(CN1CCCCC1)NC(=O)OC(C)(C)C. The van der Waals surface area contributed by atoms with Crippen LogP contribution in [0, 0.1) is 0 Å². The summed E-state index contributed by atoms with van der Waals surface area (Å²) in [5, 5.41) is 5.46. The van der Waals surface area contributed by atoms with Gasteiger partial charge in [-0.25, -0.2) is 4.79 Å². The van der Waals surface area contributed by atoms with Gasteiger partial charge in [-0.15, -0.1) is 0 Å². The van der Waals surface area contributed by atoms with Crippen LogP contribution in [0.25, 0.3) is 0 Å². The summed E-state index contributed by atoms with van der Waals surface area (Å²) in [7, 11) is 0. The van der Waals surface area contributed by atoms with E-state index in [1.807, 2.05) is 6.92 Å². The zero-order chi connectivity index (χ0) is 15.9. The monoisotopic (exact) mass is 299 g/mol. The van der Waals surface area contributed by atoms with Crippen molar-refractivity contribution in [3.8, 4) is 0 Å². The van der Waals surface area contributed by atoms with Crippen LogP contribution in [-0.2, 0) is 9.53 Å². The zero-order valence-electron chi connectivity index (χ0n) is 13.7. The van der Waals surface area contributed by atoms with Gasteiger partial charge in [0.15, 0.2) is 0 Å². The molecule has 1 aliphatic rings. The Kier molecular flexibility index (Phi) is 6.95. The fourth-order valence-electron chi connectivity index (χ4n) is 2.34. The van der Waals surface area contributed by atoms with E-state index in [1.54, 1.807) is 20.8 Å². The lowest BCUT2D eigenvalue weighted by Gasteiger charge is -2.30. The first-order valence-electron chi connectivity index (χ1n) is 7.81. The van der Waals surface area contributed by atoms with Crippen molar-refractivity contribution in [1.29, 1.82) is 0 Å². The van der Waals surface area contributed by atoms with Crippen molar-refractivity contribution in [2.75, 3.05) is 26.2 Å². The van der Waals surface area contributed by atoms with Crippen molar-refractivity contribution in [2.45, 2.75) is 58.6 Å². The summed E-state index contributed by atoms with van der Waals surface area (Å²) in [6.07, 6.45) is 2.99. The van der Waals surface area contributed by atoms with Crippen molar-refractivity contribution in [1.82, 2.24) is 15.5 Å². The van der Waals surface area contributed by atoms with Gasteiger partial charge in [0.1, 0.15) is 11.6 Å². The molecule has 6 heteroatoms. The molecule has 1 unspecified atom stereocenters. The van der Waals surface area contributed by atoms with E-state index in [0.29, 0.717) is 13.1 Å². The number of nitrogens with zero attached hydrogens (tertiary/aromatic N) is 1. The third-order valence-electron chi connectivity index (χ3n) is 3.25. The van der Waals surface area contributed by atoms with Gasteiger partial charge in [-0.1, -0.05) is 6.42 Å². The van der Waals surface area contributed by atoms with Crippen LogP contribution >= 0.6 is 0 Å². The van der Waals surface area contributed by atoms with Crippen LogP contribution in [0.5, 0.6) is 0 Å². The fourth-order valence-corrected chi connectivity index (χ4v) is 2.34. The zero-order valence-corrected chi connectivity index (χ0v) is 13.7. The van der Waals surface area contributed by atoms with Crippen LogP contribution in [0.4, 0.5) is 4.79 Å². The quantitative estimate of drug-likeness (QED) is 0.807. The normalized spacial score (nSPS) is 17.9. The molecular formula is C15H29N3O3. The van der Waals surface area contributed by atoms with E-state index >= 15 is 0 Å². The Hall–Kier alpha value is -1.30. The van der Waals surface area contributed by atoms with Crippen LogP contribution in [0.15, 0.2) is 0 Å². The lowest BCUT2D eigenvalue weighted by Crippen LogP contribution is -2.54. The number of hydrogen-bond acceptors (Lipinski definition) is 4. The van der Waals surface area contributed by atoms with Crippen LogP contribution in [0.1, 0.15) is 47.0 Å². The molecule has 1 fully saturated rings. The van der Waals surface area contributed by atoms with E-state index < -0.39 is 17.7 Å². The van der Waals surface area contributed by atoms with Crippen molar-refractivity contribution in [2.24, 2.45) is 0 Å². The molecule has 122 valence electrons. The maximum atomic E-state index is 12.1. The Morgan fingerprint density at radius 1 is 1.19 bits per heavy atom. The molecule has 0 bridgehead atoms. The van der Waals surface area contributed by atoms with Gasteiger partial charge < -0.3 is 20.3 Å². The molecule has 1 heterocycles. The number of alkyl carbamates (subject to hydrolysis) is 1. The highest BCUT2D eigenvalue weighted by molar-refractivity contribution is 5.85. The average molecular weight is 299 g/mol. The van der Waals surface area contributed by atoms with Gasteiger partial charge in [-0.2, -0.15) is 0 Å². The third-order valence-corrected chi connectivity index (χ3v) is 3.25. The molecule has 0 aromatic heterocycles. The van der Waals surface area contributed by atoms with Crippen molar-refractivity contribution >= 4 is 12.0 Å². The third kappa shape index (κ3) is 7.32. The van der Waals surface area contributed by atoms with E-state index in [4.69, 9.17) is 4.74 Å². The Labute approximate surface area is 127 Å². The van der Waals surface area contributed by atoms with Gasteiger partial charge in [0.05, 0.1) is 0 Å². The fraction of sp³-hybridized carbons (Fsp3) is 0.867. The summed E-state index contributed by atoms with van der Waals surface area (Å²) < 4.78 is 5.24. The number of amides is 2. The summed E-state index contributed by atoms with van der Waals surface area (Å²) in [6, 6.07) is -0.571. The van der Waals surface area contributed by atoms with Gasteiger partial charge in [0, 0.05) is 13.1 Å². The Bertz CT molecular complexity index is 347. The van der Waals surface area contributed by atoms with Gasteiger partial charge >= 0.3 is 6.09 Å². The largest absolute Gasteiger partial charge is 0.444 e. The topological polar surface area (TPSA) is 70.7 Å². The molecule has 2 N–H and O–H groups in total. The highest BCUT2D eigenvalue weighted by Gasteiger charge is 2.26. The lowest BCUT2D eigenvalue weighted by atomic mass is 10.1. The van der Waals surface area contributed by atoms with Crippen LogP contribution in [0.2, 0.25) is 0 Å². The summed E-state index contributed by atoms with van der Waals surface area (Å²) in [5.74, 6) is -0.158.